The number of aromatic nitrogens is 4. The first-order valence-corrected chi connectivity index (χ1v) is 6.48. The quantitative estimate of drug-likeness (QED) is 0.897. The van der Waals surface area contributed by atoms with E-state index in [0.717, 1.165) is 30.9 Å². The Labute approximate surface area is 117 Å². The molecule has 104 valence electrons. The molecule has 3 aliphatic rings. The van der Waals surface area contributed by atoms with Crippen LogP contribution in [0.5, 0.6) is 0 Å². The third kappa shape index (κ3) is 2.32. The lowest BCUT2D eigenvalue weighted by Gasteiger charge is -2.11. The number of fused-ring (bicyclic) bond motifs is 1. The van der Waals surface area contributed by atoms with Crippen LogP contribution in [0.15, 0.2) is 4.79 Å². The van der Waals surface area contributed by atoms with Crippen molar-refractivity contribution in [2.24, 2.45) is 0 Å². The smallest absolute Gasteiger partial charge is 0.328 e. The molecule has 0 bridgehead atoms. The fraction of sp³-hybridized carbons (Fsp3) is 0.583. The molecule has 1 aliphatic carbocycles. The lowest BCUT2D eigenvalue weighted by Crippen LogP contribution is -2.26. The zero-order valence-electron chi connectivity index (χ0n) is 11.1. The van der Waals surface area contributed by atoms with Crippen molar-refractivity contribution in [1.82, 2.24) is 19.5 Å². The van der Waals surface area contributed by atoms with Crippen LogP contribution in [0.4, 0.5) is 5.82 Å². The molecule has 0 spiro atoms. The Morgan fingerprint density at radius 2 is 2.11 bits per heavy atom. The molecular weight excluding hydrogens is 266 g/mol. The minimum Gasteiger partial charge on any atom is -0.370 e. The number of halogens is 1. The second kappa shape index (κ2) is 5.21. The Kier molecular flexibility index (Phi) is 3.80. The SMILES string of the molecule is CCNc1[nH]c(=O)n(CC)c2nc(C3CC3)nc1-2.Cl. The van der Waals surface area contributed by atoms with Crippen LogP contribution >= 0.6 is 12.4 Å². The molecule has 0 saturated heterocycles. The van der Waals surface area contributed by atoms with Gasteiger partial charge in [0.05, 0.1) is 0 Å². The van der Waals surface area contributed by atoms with E-state index in [1.165, 1.54) is 0 Å². The van der Waals surface area contributed by atoms with Crippen molar-refractivity contribution in [3.8, 4) is 11.5 Å². The minimum absolute atomic E-state index is 0. The third-order valence-electron chi connectivity index (χ3n) is 3.24. The zero-order chi connectivity index (χ0) is 12.7. The highest BCUT2D eigenvalue weighted by Gasteiger charge is 2.31. The van der Waals surface area contributed by atoms with Crippen LogP contribution in [-0.4, -0.2) is 26.1 Å². The van der Waals surface area contributed by atoms with Crippen LogP contribution in [0.1, 0.15) is 38.4 Å². The van der Waals surface area contributed by atoms with Gasteiger partial charge in [-0.1, -0.05) is 0 Å². The molecule has 6 nitrogen and oxygen atoms in total. The molecule has 0 aromatic heterocycles. The highest BCUT2D eigenvalue weighted by atomic mass is 35.5. The van der Waals surface area contributed by atoms with Crippen LogP contribution in [0.25, 0.3) is 11.5 Å². The molecular formula is C12H18ClN5O. The molecule has 0 aromatic carbocycles. The molecule has 1 saturated carbocycles. The molecule has 2 heterocycles. The molecule has 0 aromatic rings. The van der Waals surface area contributed by atoms with Gasteiger partial charge in [-0.2, -0.15) is 0 Å². The maximum Gasteiger partial charge on any atom is 0.328 e. The van der Waals surface area contributed by atoms with Gasteiger partial charge in [0.15, 0.2) is 5.82 Å². The summed E-state index contributed by atoms with van der Waals surface area (Å²) >= 11 is 0. The van der Waals surface area contributed by atoms with Gasteiger partial charge in [-0.25, -0.2) is 14.8 Å². The molecule has 0 atom stereocenters. The Balaban J connectivity index is 0.00000133. The van der Waals surface area contributed by atoms with E-state index in [0.29, 0.717) is 24.1 Å². The number of anilines is 1. The minimum atomic E-state index is -0.136. The Morgan fingerprint density at radius 3 is 2.68 bits per heavy atom. The molecule has 19 heavy (non-hydrogen) atoms. The maximum atomic E-state index is 12.0. The van der Waals surface area contributed by atoms with Gasteiger partial charge in [0.25, 0.3) is 0 Å². The summed E-state index contributed by atoms with van der Waals surface area (Å²) in [6.45, 7) is 5.27. The first-order valence-electron chi connectivity index (χ1n) is 6.48. The van der Waals surface area contributed by atoms with Crippen molar-refractivity contribution in [3.63, 3.8) is 0 Å². The van der Waals surface area contributed by atoms with E-state index < -0.39 is 0 Å². The molecule has 0 unspecified atom stereocenters. The highest BCUT2D eigenvalue weighted by molar-refractivity contribution is 5.85. The summed E-state index contributed by atoms with van der Waals surface area (Å²) < 4.78 is 1.63. The number of rotatable bonds is 4. The van der Waals surface area contributed by atoms with Gasteiger partial charge in [-0.3, -0.25) is 9.55 Å². The number of aromatic amines is 1. The van der Waals surface area contributed by atoms with Crippen LogP contribution in [0.3, 0.4) is 0 Å². The van der Waals surface area contributed by atoms with E-state index >= 15 is 0 Å². The van der Waals surface area contributed by atoms with E-state index in [1.807, 2.05) is 13.8 Å². The average molecular weight is 284 g/mol. The summed E-state index contributed by atoms with van der Waals surface area (Å²) in [5, 5.41) is 3.14. The lowest BCUT2D eigenvalue weighted by molar-refractivity contribution is 0.695. The number of H-pyrrole nitrogens is 1. The number of nitrogens with one attached hydrogen (secondary N) is 2. The molecule has 2 aliphatic heterocycles. The fourth-order valence-corrected chi connectivity index (χ4v) is 2.16. The monoisotopic (exact) mass is 283 g/mol. The van der Waals surface area contributed by atoms with Crippen molar-refractivity contribution in [1.29, 1.82) is 0 Å². The summed E-state index contributed by atoms with van der Waals surface area (Å²) in [6.07, 6.45) is 2.32. The molecule has 3 rings (SSSR count). The summed E-state index contributed by atoms with van der Waals surface area (Å²) in [6, 6.07) is 0. The van der Waals surface area contributed by atoms with Crippen LogP contribution < -0.4 is 11.0 Å². The van der Waals surface area contributed by atoms with Crippen molar-refractivity contribution < 1.29 is 0 Å². The largest absolute Gasteiger partial charge is 0.370 e. The van der Waals surface area contributed by atoms with Gasteiger partial charge in [0.2, 0.25) is 0 Å². The standard InChI is InChI=1S/C12H17N5O.ClH/c1-3-13-10-8-11(17(4-2)12(18)16-10)15-9(14-8)7-5-6-7;/h7,13H,3-6H2,1-2H3,(H,16,18);1H. The lowest BCUT2D eigenvalue weighted by atomic mass is 10.3. The number of hydrogen-bond donors (Lipinski definition) is 2. The molecule has 2 N–H and O–H groups in total. The van der Waals surface area contributed by atoms with Crippen molar-refractivity contribution >= 4 is 18.2 Å². The maximum absolute atomic E-state index is 12.0. The van der Waals surface area contributed by atoms with Crippen molar-refractivity contribution in [2.45, 2.75) is 39.2 Å². The van der Waals surface area contributed by atoms with E-state index in [2.05, 4.69) is 20.3 Å². The van der Waals surface area contributed by atoms with Crippen LogP contribution in [0.2, 0.25) is 0 Å². The highest BCUT2D eigenvalue weighted by Crippen LogP contribution is 2.40. The van der Waals surface area contributed by atoms with Crippen LogP contribution in [0, 0.1) is 0 Å². The van der Waals surface area contributed by atoms with Gasteiger partial charge >= 0.3 is 5.69 Å². The molecule has 0 radical (unpaired) electrons. The van der Waals surface area contributed by atoms with E-state index in [9.17, 15) is 4.79 Å². The van der Waals surface area contributed by atoms with Crippen molar-refractivity contribution in [3.05, 3.63) is 16.3 Å². The third-order valence-corrected chi connectivity index (χ3v) is 3.24. The summed E-state index contributed by atoms with van der Waals surface area (Å²) in [4.78, 5) is 23.9. The first kappa shape index (κ1) is 13.9. The van der Waals surface area contributed by atoms with Gasteiger partial charge in [-0.05, 0) is 26.7 Å². The average Bonchev–Trinajstić information content (AvgIpc) is 3.10. The van der Waals surface area contributed by atoms with Gasteiger partial charge in [0.1, 0.15) is 17.3 Å². The molecule has 1 fully saturated rings. The Morgan fingerprint density at radius 1 is 1.37 bits per heavy atom. The molecule has 0 amide bonds. The Hall–Kier alpha value is -1.56. The number of nitrogens with zero attached hydrogens (tertiary/aromatic N) is 3. The topological polar surface area (TPSA) is 75.6 Å². The first-order chi connectivity index (χ1) is 8.74. The van der Waals surface area contributed by atoms with Gasteiger partial charge < -0.3 is 5.32 Å². The summed E-state index contributed by atoms with van der Waals surface area (Å²) in [5.74, 6) is 2.75. The summed E-state index contributed by atoms with van der Waals surface area (Å²) in [7, 11) is 0. The Bertz CT molecular complexity index is 601. The normalized spacial score (nSPS) is 14.4. The summed E-state index contributed by atoms with van der Waals surface area (Å²) in [5.41, 5.74) is 0.642. The number of imidazole rings is 1. The van der Waals surface area contributed by atoms with Crippen LogP contribution in [-0.2, 0) is 6.54 Å². The van der Waals surface area contributed by atoms with E-state index in [-0.39, 0.29) is 18.1 Å². The second-order valence-electron chi connectivity index (χ2n) is 4.61. The predicted molar refractivity (Wildman–Crippen MR) is 76.3 cm³/mol. The van der Waals surface area contributed by atoms with Gasteiger partial charge in [0, 0.05) is 19.0 Å². The zero-order valence-corrected chi connectivity index (χ0v) is 11.9. The fourth-order valence-electron chi connectivity index (χ4n) is 2.16. The van der Waals surface area contributed by atoms with Crippen molar-refractivity contribution in [2.75, 3.05) is 11.9 Å². The van der Waals surface area contributed by atoms with Gasteiger partial charge in [-0.15, -0.1) is 12.4 Å². The second-order valence-corrected chi connectivity index (χ2v) is 4.61. The predicted octanol–water partition coefficient (Wildman–Crippen LogP) is 1.82. The van der Waals surface area contributed by atoms with E-state index in [1.54, 1.807) is 4.57 Å². The number of hydrogen-bond acceptors (Lipinski definition) is 4. The molecule has 7 heteroatoms. The van der Waals surface area contributed by atoms with E-state index in [4.69, 9.17) is 0 Å².